The van der Waals surface area contributed by atoms with E-state index in [1.807, 2.05) is 6.92 Å². The molecule has 0 aliphatic carbocycles. The third-order valence-corrected chi connectivity index (χ3v) is 2.08. The lowest BCUT2D eigenvalue weighted by molar-refractivity contribution is -0.119. The van der Waals surface area contributed by atoms with E-state index in [1.54, 1.807) is 12.1 Å². The highest BCUT2D eigenvalue weighted by molar-refractivity contribution is 6.28. The van der Waals surface area contributed by atoms with Crippen LogP contribution in [0.5, 0.6) is 5.88 Å². The molecule has 0 aromatic carbocycles. The molecule has 2 amide bonds. The molecule has 0 saturated heterocycles. The highest BCUT2D eigenvalue weighted by Crippen LogP contribution is 2.19. The number of carbonyl (C=O) groups excluding carboxylic acids is 2. The molecular weight excluding hydrogens is 208 g/mol. The molecule has 1 aliphatic rings. The highest BCUT2D eigenvalue weighted by atomic mass is 16.5. The first kappa shape index (κ1) is 10.4. The van der Waals surface area contributed by atoms with Gasteiger partial charge in [-0.3, -0.25) is 9.59 Å². The molecule has 1 aromatic rings. The van der Waals surface area contributed by atoms with Crippen LogP contribution in [0.25, 0.3) is 0 Å². The van der Waals surface area contributed by atoms with Gasteiger partial charge in [-0.2, -0.15) is 0 Å². The molecule has 0 saturated carbocycles. The Bertz CT molecular complexity index is 433. The van der Waals surface area contributed by atoms with Gasteiger partial charge < -0.3 is 4.74 Å². The van der Waals surface area contributed by atoms with E-state index in [2.05, 4.69) is 4.98 Å². The Labute approximate surface area is 92.3 Å². The summed E-state index contributed by atoms with van der Waals surface area (Å²) in [5.74, 6) is -0.231. The third-order valence-electron chi connectivity index (χ3n) is 2.08. The van der Waals surface area contributed by atoms with Crippen LogP contribution in [0.15, 0.2) is 30.5 Å². The van der Waals surface area contributed by atoms with Crippen molar-refractivity contribution in [3.8, 4) is 5.88 Å². The van der Waals surface area contributed by atoms with Gasteiger partial charge >= 0.3 is 0 Å². The summed E-state index contributed by atoms with van der Waals surface area (Å²) in [5, 5.41) is 0. The number of carbonyl (C=O) groups is 2. The number of nitrogens with zero attached hydrogens (tertiary/aromatic N) is 2. The lowest BCUT2D eigenvalue weighted by Gasteiger charge is -2.13. The van der Waals surface area contributed by atoms with Crippen LogP contribution < -0.4 is 9.64 Å². The summed E-state index contributed by atoms with van der Waals surface area (Å²) in [6.45, 7) is 2.38. The molecule has 0 fully saturated rings. The van der Waals surface area contributed by atoms with Crippen LogP contribution in [0.4, 0.5) is 5.69 Å². The number of anilines is 1. The van der Waals surface area contributed by atoms with Crippen LogP contribution in [0.3, 0.4) is 0 Å². The number of amides is 2. The van der Waals surface area contributed by atoms with Crippen molar-refractivity contribution in [1.29, 1.82) is 0 Å². The molecule has 2 rings (SSSR count). The third kappa shape index (κ3) is 1.79. The topological polar surface area (TPSA) is 59.5 Å². The van der Waals surface area contributed by atoms with E-state index in [-0.39, 0.29) is 11.8 Å². The molecule has 5 heteroatoms. The second-order valence-corrected chi connectivity index (χ2v) is 3.13. The molecule has 0 radical (unpaired) electrons. The summed E-state index contributed by atoms with van der Waals surface area (Å²) in [7, 11) is 0. The van der Waals surface area contributed by atoms with Crippen LogP contribution >= 0.6 is 0 Å². The fourth-order valence-electron chi connectivity index (χ4n) is 1.39. The largest absolute Gasteiger partial charge is 0.478 e. The van der Waals surface area contributed by atoms with Gasteiger partial charge in [0.1, 0.15) is 0 Å². The van der Waals surface area contributed by atoms with Crippen molar-refractivity contribution in [2.75, 3.05) is 11.5 Å². The summed E-state index contributed by atoms with van der Waals surface area (Å²) in [4.78, 5) is 27.8. The van der Waals surface area contributed by atoms with E-state index in [1.165, 1.54) is 18.3 Å². The summed E-state index contributed by atoms with van der Waals surface area (Å²) >= 11 is 0. The second kappa shape index (κ2) is 4.14. The average Bonchev–Trinajstić information content (AvgIpc) is 2.61. The predicted octanol–water partition coefficient (Wildman–Crippen LogP) is 0.910. The van der Waals surface area contributed by atoms with Gasteiger partial charge in [0.05, 0.1) is 18.5 Å². The summed E-state index contributed by atoms with van der Waals surface area (Å²) < 4.78 is 5.16. The molecule has 82 valence electrons. The fourth-order valence-corrected chi connectivity index (χ4v) is 1.39. The zero-order valence-corrected chi connectivity index (χ0v) is 8.71. The number of hydrogen-bond donors (Lipinski definition) is 0. The first-order valence-electron chi connectivity index (χ1n) is 4.87. The Kier molecular flexibility index (Phi) is 2.68. The maximum Gasteiger partial charge on any atom is 0.258 e. The molecule has 2 heterocycles. The van der Waals surface area contributed by atoms with Crippen molar-refractivity contribution in [2.45, 2.75) is 6.92 Å². The van der Waals surface area contributed by atoms with Gasteiger partial charge in [0.25, 0.3) is 11.8 Å². The van der Waals surface area contributed by atoms with Gasteiger partial charge in [-0.05, 0) is 13.0 Å². The van der Waals surface area contributed by atoms with E-state index < -0.39 is 0 Å². The van der Waals surface area contributed by atoms with E-state index in [9.17, 15) is 9.59 Å². The van der Waals surface area contributed by atoms with E-state index in [4.69, 9.17) is 4.74 Å². The van der Waals surface area contributed by atoms with Crippen molar-refractivity contribution < 1.29 is 14.3 Å². The zero-order chi connectivity index (χ0) is 11.5. The monoisotopic (exact) mass is 218 g/mol. The van der Waals surface area contributed by atoms with Crippen LogP contribution in [-0.4, -0.2) is 23.4 Å². The lowest BCUT2D eigenvalue weighted by Crippen LogP contribution is -2.29. The first-order chi connectivity index (χ1) is 7.72. The van der Waals surface area contributed by atoms with Crippen molar-refractivity contribution in [3.05, 3.63) is 30.5 Å². The molecule has 0 spiro atoms. The van der Waals surface area contributed by atoms with Gasteiger partial charge in [0.15, 0.2) is 0 Å². The van der Waals surface area contributed by atoms with Crippen molar-refractivity contribution in [3.63, 3.8) is 0 Å². The Balaban J connectivity index is 2.22. The molecule has 0 unspecified atom stereocenters. The quantitative estimate of drug-likeness (QED) is 0.707. The lowest BCUT2D eigenvalue weighted by atomic mass is 10.3. The number of aromatic nitrogens is 1. The number of ether oxygens (including phenoxy) is 1. The molecule has 16 heavy (non-hydrogen) atoms. The maximum atomic E-state index is 11.4. The molecule has 1 aromatic heterocycles. The molecular formula is C11H10N2O3. The van der Waals surface area contributed by atoms with Crippen LogP contribution in [0.1, 0.15) is 6.92 Å². The van der Waals surface area contributed by atoms with Crippen molar-refractivity contribution in [2.24, 2.45) is 0 Å². The summed E-state index contributed by atoms with van der Waals surface area (Å²) in [6, 6.07) is 3.25. The number of imide groups is 1. The number of pyridine rings is 1. The molecule has 0 N–H and O–H groups in total. The van der Waals surface area contributed by atoms with E-state index >= 15 is 0 Å². The smallest absolute Gasteiger partial charge is 0.258 e. The van der Waals surface area contributed by atoms with Gasteiger partial charge in [-0.25, -0.2) is 9.88 Å². The average molecular weight is 218 g/mol. The SMILES string of the molecule is CCOc1ccc(N2C(=O)C=CC2=O)cn1. The van der Waals surface area contributed by atoms with Gasteiger partial charge in [0, 0.05) is 18.2 Å². The normalized spacial score (nSPS) is 14.7. The number of hydrogen-bond acceptors (Lipinski definition) is 4. The second-order valence-electron chi connectivity index (χ2n) is 3.13. The molecule has 5 nitrogen and oxygen atoms in total. The fraction of sp³-hybridized carbons (Fsp3) is 0.182. The minimum absolute atomic E-state index is 0.351. The highest BCUT2D eigenvalue weighted by Gasteiger charge is 2.25. The van der Waals surface area contributed by atoms with Crippen LogP contribution in [-0.2, 0) is 9.59 Å². The molecule has 0 bridgehead atoms. The van der Waals surface area contributed by atoms with E-state index in [0.717, 1.165) is 4.90 Å². The summed E-state index contributed by atoms with van der Waals surface area (Å²) in [5.41, 5.74) is 0.448. The maximum absolute atomic E-state index is 11.4. The number of rotatable bonds is 3. The first-order valence-corrected chi connectivity index (χ1v) is 4.87. The minimum Gasteiger partial charge on any atom is -0.478 e. The minimum atomic E-state index is -0.351. The molecule has 0 atom stereocenters. The van der Waals surface area contributed by atoms with Gasteiger partial charge in [-0.15, -0.1) is 0 Å². The standard InChI is InChI=1S/C11H10N2O3/c1-2-16-9-4-3-8(7-12-9)13-10(14)5-6-11(13)15/h3-7H,2H2,1H3. The van der Waals surface area contributed by atoms with Crippen molar-refractivity contribution in [1.82, 2.24) is 4.98 Å². The predicted molar refractivity (Wildman–Crippen MR) is 57.0 cm³/mol. The van der Waals surface area contributed by atoms with Gasteiger partial charge in [0.2, 0.25) is 5.88 Å². The Morgan fingerprint density at radius 2 is 1.94 bits per heavy atom. The van der Waals surface area contributed by atoms with Crippen LogP contribution in [0, 0.1) is 0 Å². The molecule has 1 aliphatic heterocycles. The van der Waals surface area contributed by atoms with Crippen LogP contribution in [0.2, 0.25) is 0 Å². The Morgan fingerprint density at radius 1 is 1.25 bits per heavy atom. The van der Waals surface area contributed by atoms with E-state index in [0.29, 0.717) is 18.2 Å². The summed E-state index contributed by atoms with van der Waals surface area (Å²) in [6.07, 6.45) is 3.91. The van der Waals surface area contributed by atoms with Crippen molar-refractivity contribution >= 4 is 17.5 Å². The Hall–Kier alpha value is -2.17. The zero-order valence-electron chi connectivity index (χ0n) is 8.71. The van der Waals surface area contributed by atoms with Gasteiger partial charge in [-0.1, -0.05) is 0 Å². The Morgan fingerprint density at radius 3 is 2.44 bits per heavy atom.